The molecule has 18 rings (SSSR count). The Kier molecular flexibility index (Phi) is 18.2. The Bertz CT molecular complexity index is 5200. The molecule has 4 saturated carbocycles. The number of nitrogens with two attached hydrogens (primary N) is 3. The number of benzene rings is 4. The molecule has 0 bridgehead atoms. The van der Waals surface area contributed by atoms with Gasteiger partial charge in [0, 0.05) is 119 Å². The Hall–Kier alpha value is -11.6. The molecule has 10 aromatic heterocycles. The van der Waals surface area contributed by atoms with Crippen molar-refractivity contribution in [3.63, 3.8) is 0 Å². The minimum absolute atomic E-state index is 0.00192. The molecular formula is C80H84N18O4. The van der Waals surface area contributed by atoms with Gasteiger partial charge in [-0.15, -0.1) is 0 Å². The van der Waals surface area contributed by atoms with Crippen LogP contribution < -0.4 is 33.2 Å². The molecule has 22 heteroatoms. The average Bonchev–Trinajstić information content (AvgIpc) is 1.61. The Morgan fingerprint density at radius 1 is 0.431 bits per heavy atom. The Morgan fingerprint density at radius 2 is 0.794 bits per heavy atom. The van der Waals surface area contributed by atoms with Crippen molar-refractivity contribution < 1.29 is 18.8 Å². The van der Waals surface area contributed by atoms with Gasteiger partial charge in [-0.25, -0.2) is 29.9 Å². The SMILES string of the molecule is Nc1nccn2c(C3CCC(CNC(=O)C4CCC4)CC3)nc(-c3cc4ccccc4[nH]3)c12.Nc1nccn2c(C3CCC(CNC(=O)c4ccccc4)CC3)nc(-c3cc4ccccc4[nH]3)c12.Nc1nccn2c(C3CCC(CNC(=O)c4ccoc4)CC3)nc(-c3cc4ccccc4[nH]3)c12. The lowest BCUT2D eigenvalue weighted by Gasteiger charge is -2.29. The highest BCUT2D eigenvalue weighted by Gasteiger charge is 2.33. The van der Waals surface area contributed by atoms with Crippen molar-refractivity contribution in [1.82, 2.24) is 74.0 Å². The molecule has 0 radical (unpaired) electrons. The van der Waals surface area contributed by atoms with Gasteiger partial charge in [-0.2, -0.15) is 0 Å². The van der Waals surface area contributed by atoms with Crippen LogP contribution in [0.2, 0.25) is 0 Å². The first-order chi connectivity index (χ1) is 50.0. The number of imidazole rings is 3. The Labute approximate surface area is 588 Å². The zero-order valence-corrected chi connectivity index (χ0v) is 56.9. The number of aromatic nitrogens is 12. The molecule has 12 N–H and O–H groups in total. The van der Waals surface area contributed by atoms with Crippen LogP contribution in [0.3, 0.4) is 0 Å². The van der Waals surface area contributed by atoms with E-state index in [1.54, 1.807) is 24.7 Å². The van der Waals surface area contributed by atoms with Gasteiger partial charge in [-0.05, 0) is 162 Å². The predicted octanol–water partition coefficient (Wildman–Crippen LogP) is 14.6. The summed E-state index contributed by atoms with van der Waals surface area (Å²) in [4.78, 5) is 75.7. The molecule has 518 valence electrons. The fourth-order valence-corrected chi connectivity index (χ4v) is 15.9. The molecule has 0 saturated heterocycles. The summed E-state index contributed by atoms with van der Waals surface area (Å²) in [6.07, 6.45) is 30.0. The average molecular weight is 1360 g/mol. The van der Waals surface area contributed by atoms with E-state index in [1.807, 2.05) is 85.3 Å². The number of hydrogen-bond acceptors (Lipinski definition) is 13. The molecule has 4 aromatic carbocycles. The summed E-state index contributed by atoms with van der Waals surface area (Å²) < 4.78 is 11.4. The van der Waals surface area contributed by atoms with Crippen LogP contribution in [0.15, 0.2) is 182 Å². The van der Waals surface area contributed by atoms with Gasteiger partial charge in [-0.1, -0.05) is 79.2 Å². The third kappa shape index (κ3) is 13.3. The fourth-order valence-electron chi connectivity index (χ4n) is 15.9. The molecular weight excluding hydrogens is 1280 g/mol. The van der Waals surface area contributed by atoms with E-state index >= 15 is 0 Å². The number of anilines is 3. The van der Waals surface area contributed by atoms with Gasteiger partial charge in [0.1, 0.15) is 74.8 Å². The van der Waals surface area contributed by atoms with E-state index in [-0.39, 0.29) is 23.6 Å². The molecule has 0 aliphatic heterocycles. The van der Waals surface area contributed by atoms with Crippen molar-refractivity contribution in [2.45, 2.75) is 114 Å². The number of para-hydroxylation sites is 3. The number of furan rings is 1. The summed E-state index contributed by atoms with van der Waals surface area (Å²) in [6, 6.07) is 42.1. The number of nitrogen functional groups attached to an aromatic ring is 3. The van der Waals surface area contributed by atoms with E-state index < -0.39 is 0 Å². The van der Waals surface area contributed by atoms with Crippen molar-refractivity contribution in [3.05, 3.63) is 206 Å². The highest BCUT2D eigenvalue weighted by molar-refractivity contribution is 5.96. The van der Waals surface area contributed by atoms with Gasteiger partial charge in [0.25, 0.3) is 11.8 Å². The summed E-state index contributed by atoms with van der Waals surface area (Å²) in [5, 5.41) is 12.8. The number of carbonyl (C=O) groups excluding carboxylic acids is 3. The molecule has 4 aliphatic rings. The summed E-state index contributed by atoms with van der Waals surface area (Å²) in [5.74, 6) is 7.54. The Morgan fingerprint density at radius 3 is 1.15 bits per heavy atom. The van der Waals surface area contributed by atoms with E-state index in [0.717, 1.165) is 197 Å². The summed E-state index contributed by atoms with van der Waals surface area (Å²) >= 11 is 0. The lowest BCUT2D eigenvalue weighted by atomic mass is 9.81. The monoisotopic (exact) mass is 1360 g/mol. The topological polar surface area (TPSA) is 316 Å². The molecule has 22 nitrogen and oxygen atoms in total. The van der Waals surface area contributed by atoms with Crippen LogP contribution in [0, 0.1) is 23.7 Å². The minimum atomic E-state index is -0.0823. The number of fused-ring (bicyclic) bond motifs is 6. The second-order valence-electron chi connectivity index (χ2n) is 28.2. The minimum Gasteiger partial charge on any atom is -0.472 e. The quantitative estimate of drug-likeness (QED) is 0.0462. The van der Waals surface area contributed by atoms with Crippen LogP contribution >= 0.6 is 0 Å². The maximum atomic E-state index is 12.4. The van der Waals surface area contributed by atoms with Crippen molar-refractivity contribution in [2.24, 2.45) is 23.7 Å². The number of H-pyrrole nitrogens is 3. The lowest BCUT2D eigenvalue weighted by molar-refractivity contribution is -0.127. The zero-order chi connectivity index (χ0) is 69.2. The fraction of sp³-hybridized carbons (Fsp3) is 0.312. The molecule has 10 heterocycles. The van der Waals surface area contributed by atoms with Crippen LogP contribution in [-0.2, 0) is 4.79 Å². The first-order valence-corrected chi connectivity index (χ1v) is 36.0. The molecule has 3 amide bonds. The number of carbonyl (C=O) groups is 3. The van der Waals surface area contributed by atoms with Crippen LogP contribution in [-0.4, -0.2) is 95.4 Å². The summed E-state index contributed by atoms with van der Waals surface area (Å²) in [5.41, 5.74) is 31.5. The number of rotatable bonds is 15. The molecule has 14 aromatic rings. The normalized spacial score (nSPS) is 19.3. The standard InChI is InChI=1S/C28H28N6O.C26H26N6O2.C26H30N6O/c29-26-25-24(23-16-21-8-4-5-9-22(21)32-23)33-27(34(25)15-14-30-26)19-12-10-18(11-13-19)17-31-28(35)20-6-2-1-3-7-20;27-24-23-22(21-13-18-3-1-2-4-20(18)30-21)31-25(32(23)11-10-28-24)17-7-5-16(6-8-17)14-29-26(33)19-9-12-34-15-19;27-24-23-22(21-14-19-4-1-2-7-20(19)30-21)31-25(32(23)13-12-28-24)17-10-8-16(9-11-17)15-29-26(33)18-5-3-6-18/h1-9,14-16,18-19,32H,10-13,17H2,(H2,29,30)(H,31,35);1-4,9-13,15-17,30H,5-8,14H2,(H2,27,28)(H,29,33);1-2,4,7,12-14,16-18,30H,3,5-6,8-11,15H2,(H2,27,28)(H,29,33). The van der Waals surface area contributed by atoms with E-state index in [0.29, 0.717) is 77.2 Å². The van der Waals surface area contributed by atoms with Crippen LogP contribution in [0.4, 0.5) is 17.5 Å². The van der Waals surface area contributed by atoms with Crippen LogP contribution in [0.1, 0.15) is 152 Å². The van der Waals surface area contributed by atoms with E-state index in [2.05, 4.69) is 114 Å². The largest absolute Gasteiger partial charge is 0.472 e. The third-order valence-corrected chi connectivity index (χ3v) is 21.8. The maximum absolute atomic E-state index is 12.4. The Balaban J connectivity index is 0.000000118. The van der Waals surface area contributed by atoms with E-state index in [4.69, 9.17) is 36.6 Å². The van der Waals surface area contributed by atoms with Crippen molar-refractivity contribution in [1.29, 1.82) is 0 Å². The van der Waals surface area contributed by atoms with Gasteiger partial charge in [0.05, 0.1) is 28.9 Å². The van der Waals surface area contributed by atoms with Crippen LogP contribution in [0.25, 0.3) is 83.4 Å². The van der Waals surface area contributed by atoms with Gasteiger partial charge in [0.2, 0.25) is 5.91 Å². The molecule has 4 fully saturated rings. The summed E-state index contributed by atoms with van der Waals surface area (Å²) in [7, 11) is 0. The molecule has 4 aliphatic carbocycles. The molecule has 0 unspecified atom stereocenters. The van der Waals surface area contributed by atoms with E-state index in [9.17, 15) is 14.4 Å². The predicted molar refractivity (Wildman–Crippen MR) is 398 cm³/mol. The second-order valence-corrected chi connectivity index (χ2v) is 28.2. The van der Waals surface area contributed by atoms with Crippen LogP contribution in [0.5, 0.6) is 0 Å². The number of aromatic amines is 3. The highest BCUT2D eigenvalue weighted by atomic mass is 16.3. The zero-order valence-electron chi connectivity index (χ0n) is 56.9. The number of amides is 3. The van der Waals surface area contributed by atoms with Gasteiger partial charge in [0.15, 0.2) is 0 Å². The van der Waals surface area contributed by atoms with Crippen molar-refractivity contribution in [2.75, 3.05) is 36.8 Å². The van der Waals surface area contributed by atoms with E-state index in [1.165, 1.54) is 18.9 Å². The first-order valence-electron chi connectivity index (χ1n) is 36.0. The first kappa shape index (κ1) is 65.1. The lowest BCUT2D eigenvalue weighted by Crippen LogP contribution is -2.37. The smallest absolute Gasteiger partial charge is 0.254 e. The molecule has 102 heavy (non-hydrogen) atoms. The van der Waals surface area contributed by atoms with Gasteiger partial charge >= 0.3 is 0 Å². The highest BCUT2D eigenvalue weighted by Crippen LogP contribution is 2.43. The molecule has 0 spiro atoms. The summed E-state index contributed by atoms with van der Waals surface area (Å²) in [6.45, 7) is 2.19. The van der Waals surface area contributed by atoms with Gasteiger partial charge in [-0.3, -0.25) is 27.6 Å². The third-order valence-electron chi connectivity index (χ3n) is 21.8. The van der Waals surface area contributed by atoms with Crippen molar-refractivity contribution >= 4 is 84.4 Å². The van der Waals surface area contributed by atoms with Crippen molar-refractivity contribution in [3.8, 4) is 34.2 Å². The molecule has 0 atom stereocenters. The number of nitrogens with one attached hydrogen (secondary N) is 6. The number of hydrogen-bond donors (Lipinski definition) is 9. The maximum Gasteiger partial charge on any atom is 0.254 e. The number of nitrogens with zero attached hydrogens (tertiary/aromatic N) is 9. The second kappa shape index (κ2) is 28.6. The van der Waals surface area contributed by atoms with Gasteiger partial charge < -0.3 is 52.5 Å².